The topological polar surface area (TPSA) is 59.8 Å². The number of nitrogens with one attached hydrogen (secondary N) is 2. The summed E-state index contributed by atoms with van der Waals surface area (Å²) in [6.07, 6.45) is 0. The molecule has 0 spiro atoms. The Kier molecular flexibility index (Phi) is 6.94. The molecule has 1 unspecified atom stereocenters. The second-order valence-corrected chi connectivity index (χ2v) is 7.24. The molecule has 2 atom stereocenters. The Morgan fingerprint density at radius 1 is 1.19 bits per heavy atom. The van der Waals surface area contributed by atoms with Crippen molar-refractivity contribution < 1.29 is 19.2 Å². The van der Waals surface area contributed by atoms with Gasteiger partial charge in [0, 0.05) is 21.3 Å². The molecule has 0 saturated heterocycles. The molecule has 0 radical (unpaired) electrons. The second-order valence-electron chi connectivity index (χ2n) is 6.32. The third-order valence-electron chi connectivity index (χ3n) is 4.40. The van der Waals surface area contributed by atoms with E-state index in [0.717, 1.165) is 20.7 Å². The van der Waals surface area contributed by atoms with Crippen LogP contribution in [0.1, 0.15) is 29.8 Å². The van der Waals surface area contributed by atoms with Crippen molar-refractivity contribution in [2.45, 2.75) is 26.4 Å². The largest absolute Gasteiger partial charge is 0.496 e. The molecule has 0 aliphatic carbocycles. The van der Waals surface area contributed by atoms with Crippen molar-refractivity contribution in [2.75, 3.05) is 19.5 Å². The first-order valence-corrected chi connectivity index (χ1v) is 9.17. The molecule has 0 bridgehead atoms. The highest BCUT2D eigenvalue weighted by molar-refractivity contribution is 9.10. The molecule has 138 valence electrons. The van der Waals surface area contributed by atoms with Crippen LogP contribution >= 0.6 is 15.9 Å². The van der Waals surface area contributed by atoms with Gasteiger partial charge in [0.25, 0.3) is 5.91 Å². The van der Waals surface area contributed by atoms with E-state index < -0.39 is 0 Å². The zero-order valence-electron chi connectivity index (χ0n) is 15.4. The summed E-state index contributed by atoms with van der Waals surface area (Å²) in [5.74, 6) is 0.732. The Bertz CT molecular complexity index is 790. The number of halogens is 1. The minimum Gasteiger partial charge on any atom is -0.496 e. The highest BCUT2D eigenvalue weighted by Gasteiger charge is 2.23. The minimum absolute atomic E-state index is 0.00314. The van der Waals surface area contributed by atoms with E-state index in [4.69, 9.17) is 4.74 Å². The van der Waals surface area contributed by atoms with Gasteiger partial charge in [0.2, 0.25) is 0 Å². The third-order valence-corrected chi connectivity index (χ3v) is 4.90. The summed E-state index contributed by atoms with van der Waals surface area (Å²) >= 11 is 3.47. The standard InChI is InChI=1S/C20H23BrN2O3/c1-13(20(25)22-18-8-5-15(6-9-18)14(2)24)23(3)12-16-11-17(21)7-10-19(16)26-4/h5-11,13H,12H2,1-4H3,(H,22,25)/p+1/t13-/m0/s1. The first kappa shape index (κ1) is 20.1. The van der Waals surface area contributed by atoms with Crippen LogP contribution in [0.4, 0.5) is 5.69 Å². The van der Waals surface area contributed by atoms with Crippen LogP contribution in [0.15, 0.2) is 46.9 Å². The third kappa shape index (κ3) is 5.16. The van der Waals surface area contributed by atoms with Crippen molar-refractivity contribution in [2.24, 2.45) is 0 Å². The number of amides is 1. The molecule has 0 aromatic heterocycles. The number of rotatable bonds is 7. The lowest BCUT2D eigenvalue weighted by Gasteiger charge is -2.22. The summed E-state index contributed by atoms with van der Waals surface area (Å²) in [6.45, 7) is 4.06. The van der Waals surface area contributed by atoms with Crippen LogP contribution in [0.3, 0.4) is 0 Å². The summed E-state index contributed by atoms with van der Waals surface area (Å²) < 4.78 is 6.38. The molecular formula is C20H24BrN2O3+. The van der Waals surface area contributed by atoms with Gasteiger partial charge in [-0.2, -0.15) is 0 Å². The Balaban J connectivity index is 2.03. The zero-order valence-corrected chi connectivity index (χ0v) is 17.0. The summed E-state index contributed by atoms with van der Waals surface area (Å²) in [5.41, 5.74) is 2.34. The van der Waals surface area contributed by atoms with Crippen molar-refractivity contribution in [1.82, 2.24) is 0 Å². The number of likely N-dealkylation sites (N-methyl/N-ethyl adjacent to an activating group) is 1. The number of ether oxygens (including phenoxy) is 1. The molecule has 0 fully saturated rings. The number of anilines is 1. The van der Waals surface area contributed by atoms with Gasteiger partial charge in [-0.3, -0.25) is 9.59 Å². The lowest BCUT2D eigenvalue weighted by molar-refractivity contribution is -0.907. The maximum absolute atomic E-state index is 12.5. The van der Waals surface area contributed by atoms with Gasteiger partial charge in [0.1, 0.15) is 12.3 Å². The van der Waals surface area contributed by atoms with E-state index in [2.05, 4.69) is 21.2 Å². The van der Waals surface area contributed by atoms with Crippen LogP contribution in [-0.4, -0.2) is 31.9 Å². The molecule has 5 nitrogen and oxygen atoms in total. The number of benzene rings is 2. The average Bonchev–Trinajstić information content (AvgIpc) is 2.61. The van der Waals surface area contributed by atoms with Crippen molar-refractivity contribution in [1.29, 1.82) is 0 Å². The molecule has 2 N–H and O–H groups in total. The maximum Gasteiger partial charge on any atom is 0.282 e. The molecule has 0 aliphatic heterocycles. The zero-order chi connectivity index (χ0) is 19.3. The molecule has 0 aliphatic rings. The number of hydrogen-bond acceptors (Lipinski definition) is 3. The van der Waals surface area contributed by atoms with Crippen molar-refractivity contribution >= 4 is 33.3 Å². The molecular weight excluding hydrogens is 396 g/mol. The van der Waals surface area contributed by atoms with Gasteiger partial charge in [-0.1, -0.05) is 15.9 Å². The number of carbonyl (C=O) groups excluding carboxylic acids is 2. The summed E-state index contributed by atoms with van der Waals surface area (Å²) in [5, 5.41) is 2.90. The van der Waals surface area contributed by atoms with E-state index in [9.17, 15) is 9.59 Å². The van der Waals surface area contributed by atoms with Crippen molar-refractivity contribution in [3.05, 3.63) is 58.1 Å². The molecule has 0 heterocycles. The number of quaternary nitrogens is 1. The van der Waals surface area contributed by atoms with Gasteiger partial charge < -0.3 is 15.0 Å². The van der Waals surface area contributed by atoms with Crippen molar-refractivity contribution in [3.63, 3.8) is 0 Å². The Hall–Kier alpha value is -2.18. The minimum atomic E-state index is -0.258. The van der Waals surface area contributed by atoms with Crippen LogP contribution in [0.25, 0.3) is 0 Å². The van der Waals surface area contributed by atoms with E-state index in [1.54, 1.807) is 31.4 Å². The molecule has 1 amide bonds. The Morgan fingerprint density at radius 3 is 2.42 bits per heavy atom. The SMILES string of the molecule is COc1ccc(Br)cc1C[NH+](C)[C@@H](C)C(=O)Nc1ccc(C(C)=O)cc1. The number of ketones is 1. The average molecular weight is 420 g/mol. The van der Waals surface area contributed by atoms with Gasteiger partial charge in [0.05, 0.1) is 14.2 Å². The van der Waals surface area contributed by atoms with Gasteiger partial charge in [0.15, 0.2) is 11.8 Å². The molecule has 2 aromatic carbocycles. The smallest absolute Gasteiger partial charge is 0.282 e. The molecule has 26 heavy (non-hydrogen) atoms. The van der Waals surface area contributed by atoms with E-state index >= 15 is 0 Å². The number of Topliss-reactive ketones (excluding diaryl/α,β-unsaturated/α-hetero) is 1. The lowest BCUT2D eigenvalue weighted by Crippen LogP contribution is -3.12. The maximum atomic E-state index is 12.5. The quantitative estimate of drug-likeness (QED) is 0.678. The Morgan fingerprint density at radius 2 is 1.85 bits per heavy atom. The van der Waals surface area contributed by atoms with E-state index in [0.29, 0.717) is 17.8 Å². The second kappa shape index (κ2) is 8.96. The van der Waals surface area contributed by atoms with Gasteiger partial charge in [-0.15, -0.1) is 0 Å². The first-order chi connectivity index (χ1) is 12.3. The van der Waals surface area contributed by atoms with Crippen LogP contribution in [0.2, 0.25) is 0 Å². The Labute approximate surface area is 162 Å². The molecule has 6 heteroatoms. The predicted molar refractivity (Wildman–Crippen MR) is 106 cm³/mol. The highest BCUT2D eigenvalue weighted by atomic mass is 79.9. The predicted octanol–water partition coefficient (Wildman–Crippen LogP) is 2.70. The van der Waals surface area contributed by atoms with Crippen LogP contribution in [0, 0.1) is 0 Å². The van der Waals surface area contributed by atoms with Crippen LogP contribution in [-0.2, 0) is 11.3 Å². The first-order valence-electron chi connectivity index (χ1n) is 8.38. The number of carbonyl (C=O) groups is 2. The van der Waals surface area contributed by atoms with E-state index in [1.165, 1.54) is 6.92 Å². The molecule has 2 rings (SSSR count). The highest BCUT2D eigenvalue weighted by Crippen LogP contribution is 2.22. The molecule has 0 saturated carbocycles. The van der Waals surface area contributed by atoms with E-state index in [1.807, 2.05) is 32.2 Å². The number of hydrogen-bond donors (Lipinski definition) is 2. The molecule has 2 aromatic rings. The lowest BCUT2D eigenvalue weighted by atomic mass is 10.1. The van der Waals surface area contributed by atoms with Gasteiger partial charge >= 0.3 is 0 Å². The normalized spacial score (nSPS) is 13.0. The monoisotopic (exact) mass is 419 g/mol. The van der Waals surface area contributed by atoms with Gasteiger partial charge in [-0.25, -0.2) is 0 Å². The van der Waals surface area contributed by atoms with Crippen LogP contribution in [0.5, 0.6) is 5.75 Å². The number of methoxy groups -OCH3 is 1. The fourth-order valence-electron chi connectivity index (χ4n) is 2.60. The fourth-order valence-corrected chi connectivity index (χ4v) is 3.01. The summed E-state index contributed by atoms with van der Waals surface area (Å²) in [4.78, 5) is 24.9. The summed E-state index contributed by atoms with van der Waals surface area (Å²) in [6, 6.07) is 12.5. The van der Waals surface area contributed by atoms with Crippen molar-refractivity contribution in [3.8, 4) is 5.75 Å². The summed E-state index contributed by atoms with van der Waals surface area (Å²) in [7, 11) is 3.62. The fraction of sp³-hybridized carbons (Fsp3) is 0.300. The van der Waals surface area contributed by atoms with Crippen LogP contribution < -0.4 is 15.0 Å². The van der Waals surface area contributed by atoms with E-state index in [-0.39, 0.29) is 17.7 Å². The van der Waals surface area contributed by atoms with Gasteiger partial charge in [-0.05, 0) is 56.3 Å².